The van der Waals surface area contributed by atoms with Crippen molar-refractivity contribution in [2.75, 3.05) is 23.3 Å². The van der Waals surface area contributed by atoms with Gasteiger partial charge in [-0.2, -0.15) is 0 Å². The first-order valence-electron chi connectivity index (χ1n) is 7.27. The monoisotopic (exact) mass is 435 g/mol. The van der Waals surface area contributed by atoms with Crippen LogP contribution >= 0.6 is 22.6 Å². The van der Waals surface area contributed by atoms with Gasteiger partial charge in [-0.25, -0.2) is 4.79 Å². The van der Waals surface area contributed by atoms with E-state index < -0.39 is 11.9 Å². The van der Waals surface area contributed by atoms with E-state index in [9.17, 15) is 14.4 Å². The van der Waals surface area contributed by atoms with E-state index in [4.69, 9.17) is 0 Å². The first-order chi connectivity index (χ1) is 11.5. The van der Waals surface area contributed by atoms with Crippen molar-refractivity contribution in [2.24, 2.45) is 0 Å². The van der Waals surface area contributed by atoms with E-state index in [-0.39, 0.29) is 19.0 Å². The summed E-state index contributed by atoms with van der Waals surface area (Å²) in [5.74, 6) is -0.797. The van der Waals surface area contributed by atoms with Crippen LogP contribution in [0.15, 0.2) is 54.6 Å². The van der Waals surface area contributed by atoms with Crippen LogP contribution in [-0.2, 0) is 9.59 Å². The lowest BCUT2D eigenvalue weighted by molar-refractivity contribution is -0.128. The Labute approximate surface area is 152 Å². The number of hydrogen-bond acceptors (Lipinski definition) is 3. The van der Waals surface area contributed by atoms with E-state index in [1.807, 2.05) is 18.2 Å². The Hall–Kier alpha value is -2.42. The lowest BCUT2D eigenvalue weighted by Gasteiger charge is -2.16. The van der Waals surface area contributed by atoms with Crippen LogP contribution in [0.3, 0.4) is 0 Å². The molecule has 1 aliphatic heterocycles. The molecule has 1 fully saturated rings. The molecule has 3 rings (SSSR count). The fourth-order valence-electron chi connectivity index (χ4n) is 2.38. The van der Waals surface area contributed by atoms with Gasteiger partial charge in [-0.05, 0) is 59.0 Å². The summed E-state index contributed by atoms with van der Waals surface area (Å²) in [6.45, 7) is -0.355. The fourth-order valence-corrected chi connectivity index (χ4v) is 2.74. The molecule has 24 heavy (non-hydrogen) atoms. The number of hydrogen-bond donors (Lipinski definition) is 1. The normalized spacial score (nSPS) is 14.2. The molecular formula is C17H14IN3O3. The van der Waals surface area contributed by atoms with Gasteiger partial charge in [0.1, 0.15) is 13.1 Å². The third-order valence-corrected chi connectivity index (χ3v) is 4.27. The molecule has 0 spiro atoms. The molecule has 0 bridgehead atoms. The molecule has 7 heteroatoms. The number of carbonyl (C=O) groups excluding carboxylic acids is 3. The van der Waals surface area contributed by atoms with Gasteiger partial charge >= 0.3 is 6.03 Å². The number of nitrogens with one attached hydrogen (secondary N) is 1. The quantitative estimate of drug-likeness (QED) is 0.593. The summed E-state index contributed by atoms with van der Waals surface area (Å²) in [4.78, 5) is 38.9. The Morgan fingerprint density at radius 3 is 2.38 bits per heavy atom. The number of carbonyl (C=O) groups is 3. The Kier molecular flexibility index (Phi) is 4.79. The highest BCUT2D eigenvalue weighted by Gasteiger charge is 2.37. The average molecular weight is 435 g/mol. The number of urea groups is 1. The zero-order chi connectivity index (χ0) is 17.1. The van der Waals surface area contributed by atoms with Gasteiger partial charge in [-0.1, -0.05) is 18.2 Å². The second-order valence-corrected chi connectivity index (χ2v) is 6.48. The maximum absolute atomic E-state index is 12.4. The Morgan fingerprint density at radius 1 is 1.04 bits per heavy atom. The number of para-hydroxylation sites is 1. The van der Waals surface area contributed by atoms with Gasteiger partial charge in [-0.15, -0.1) is 0 Å². The van der Waals surface area contributed by atoms with Crippen molar-refractivity contribution in [3.63, 3.8) is 0 Å². The number of halogens is 1. The van der Waals surface area contributed by atoms with Crippen molar-refractivity contribution in [3.05, 3.63) is 58.2 Å². The summed E-state index contributed by atoms with van der Waals surface area (Å²) in [7, 11) is 0. The third-order valence-electron chi connectivity index (χ3n) is 3.55. The van der Waals surface area contributed by atoms with Gasteiger partial charge in [-0.3, -0.25) is 19.4 Å². The predicted octanol–water partition coefficient (Wildman–Crippen LogP) is 2.70. The summed E-state index contributed by atoms with van der Waals surface area (Å²) in [5, 5.41) is 2.68. The van der Waals surface area contributed by atoms with E-state index in [2.05, 4.69) is 27.9 Å². The molecular weight excluding hydrogens is 421 g/mol. The maximum atomic E-state index is 12.4. The second-order valence-electron chi connectivity index (χ2n) is 5.24. The predicted molar refractivity (Wildman–Crippen MR) is 98.7 cm³/mol. The minimum absolute atomic E-state index is 0.0559. The summed E-state index contributed by atoms with van der Waals surface area (Å²) in [6.07, 6.45) is 0. The van der Waals surface area contributed by atoms with Crippen molar-refractivity contribution in [1.29, 1.82) is 0 Å². The van der Waals surface area contributed by atoms with Crippen LogP contribution in [0.4, 0.5) is 16.2 Å². The topological polar surface area (TPSA) is 69.7 Å². The average Bonchev–Trinajstić information content (AvgIpc) is 2.86. The molecule has 0 aliphatic carbocycles. The summed E-state index contributed by atoms with van der Waals surface area (Å²) in [5.41, 5.74) is 1.26. The van der Waals surface area contributed by atoms with E-state index in [0.29, 0.717) is 11.4 Å². The lowest BCUT2D eigenvalue weighted by Crippen LogP contribution is -2.39. The van der Waals surface area contributed by atoms with E-state index in [1.54, 1.807) is 36.4 Å². The molecule has 2 aromatic rings. The van der Waals surface area contributed by atoms with Crippen molar-refractivity contribution in [3.8, 4) is 0 Å². The summed E-state index contributed by atoms with van der Waals surface area (Å²) < 4.78 is 1.05. The SMILES string of the molecule is O=C(CN1C(=O)CN(c2ccccc2)C1=O)Nc1ccc(I)cc1. The molecule has 2 aromatic carbocycles. The van der Waals surface area contributed by atoms with Crippen LogP contribution in [-0.4, -0.2) is 35.8 Å². The molecule has 1 saturated heterocycles. The van der Waals surface area contributed by atoms with E-state index >= 15 is 0 Å². The second kappa shape index (κ2) is 7.00. The van der Waals surface area contributed by atoms with Crippen LogP contribution in [0.2, 0.25) is 0 Å². The van der Waals surface area contributed by atoms with Crippen molar-refractivity contribution in [2.45, 2.75) is 0 Å². The van der Waals surface area contributed by atoms with Crippen LogP contribution in [0, 0.1) is 3.57 Å². The highest BCUT2D eigenvalue weighted by Crippen LogP contribution is 2.20. The first-order valence-corrected chi connectivity index (χ1v) is 8.35. The largest absolute Gasteiger partial charge is 0.332 e. The van der Waals surface area contributed by atoms with Crippen molar-refractivity contribution in [1.82, 2.24) is 4.90 Å². The Balaban J connectivity index is 1.66. The van der Waals surface area contributed by atoms with Gasteiger partial charge in [0, 0.05) is 14.9 Å². The number of amides is 4. The van der Waals surface area contributed by atoms with Gasteiger partial charge in [0.05, 0.1) is 0 Å². The Morgan fingerprint density at radius 2 is 1.71 bits per heavy atom. The zero-order valence-electron chi connectivity index (χ0n) is 12.6. The molecule has 0 unspecified atom stereocenters. The fraction of sp³-hybridized carbons (Fsp3) is 0.118. The first kappa shape index (κ1) is 16.4. The molecule has 1 heterocycles. The smallest absolute Gasteiger partial charge is 0.325 e. The molecule has 1 aliphatic rings. The molecule has 0 saturated carbocycles. The molecule has 0 atom stereocenters. The van der Waals surface area contributed by atoms with Crippen LogP contribution in [0.5, 0.6) is 0 Å². The van der Waals surface area contributed by atoms with Crippen LogP contribution in [0.25, 0.3) is 0 Å². The number of imide groups is 1. The lowest BCUT2D eigenvalue weighted by atomic mass is 10.3. The maximum Gasteiger partial charge on any atom is 0.332 e. The minimum Gasteiger partial charge on any atom is -0.325 e. The number of benzene rings is 2. The van der Waals surface area contributed by atoms with Gasteiger partial charge in [0.2, 0.25) is 5.91 Å². The van der Waals surface area contributed by atoms with E-state index in [0.717, 1.165) is 8.47 Å². The highest BCUT2D eigenvalue weighted by molar-refractivity contribution is 14.1. The highest BCUT2D eigenvalue weighted by atomic mass is 127. The molecule has 122 valence electrons. The molecule has 0 aromatic heterocycles. The molecule has 4 amide bonds. The Bertz CT molecular complexity index is 777. The summed E-state index contributed by atoms with van der Waals surface area (Å²) in [6, 6.07) is 15.7. The van der Waals surface area contributed by atoms with Crippen LogP contribution in [0.1, 0.15) is 0 Å². The third kappa shape index (κ3) is 3.56. The van der Waals surface area contributed by atoms with Gasteiger partial charge < -0.3 is 5.32 Å². The standard InChI is InChI=1S/C17H14IN3O3/c18-12-6-8-13(9-7-12)19-15(22)10-21-16(23)11-20(17(21)24)14-4-2-1-3-5-14/h1-9H,10-11H2,(H,19,22). The van der Waals surface area contributed by atoms with Crippen molar-refractivity contribution < 1.29 is 14.4 Å². The zero-order valence-corrected chi connectivity index (χ0v) is 14.8. The molecule has 1 N–H and O–H groups in total. The minimum atomic E-state index is -0.482. The van der Waals surface area contributed by atoms with Gasteiger partial charge in [0.15, 0.2) is 0 Å². The molecule has 0 radical (unpaired) electrons. The summed E-state index contributed by atoms with van der Waals surface area (Å²) >= 11 is 2.17. The number of rotatable bonds is 4. The van der Waals surface area contributed by atoms with Crippen molar-refractivity contribution >= 4 is 51.8 Å². The molecule has 6 nitrogen and oxygen atoms in total. The van der Waals surface area contributed by atoms with E-state index in [1.165, 1.54) is 4.90 Å². The van der Waals surface area contributed by atoms with Crippen LogP contribution < -0.4 is 10.2 Å². The number of nitrogens with zero attached hydrogens (tertiary/aromatic N) is 2. The number of anilines is 2. The van der Waals surface area contributed by atoms with Gasteiger partial charge in [0.25, 0.3) is 5.91 Å².